The van der Waals surface area contributed by atoms with Crippen molar-refractivity contribution in [2.45, 2.75) is 105 Å². The van der Waals surface area contributed by atoms with Gasteiger partial charge in [0, 0.05) is 11.1 Å². The van der Waals surface area contributed by atoms with Crippen molar-refractivity contribution >= 4 is 53.5 Å². The highest BCUT2D eigenvalue weighted by Gasteiger charge is 2.23. The summed E-state index contributed by atoms with van der Waals surface area (Å²) < 4.78 is 21.0. The van der Waals surface area contributed by atoms with Crippen molar-refractivity contribution in [3.63, 3.8) is 0 Å². The van der Waals surface area contributed by atoms with Gasteiger partial charge < -0.3 is 18.9 Å². The van der Waals surface area contributed by atoms with Crippen molar-refractivity contribution in [2.75, 3.05) is 0 Å². The maximum atomic E-state index is 13.3. The number of nitrogens with zero attached hydrogens (tertiary/aromatic N) is 2. The standard InChI is InChI=1S/C35H48N6O9/c1-32(2,3)47-28(43)38-26(39-29(44)48-33(4,5)6)36-23-17-13-21(14-18-23)25(42)22-15-19-24(20-16-22)37-27(40-30(45)49-34(7,8)9)41-31(46)50-35(10,11)12/h13-20H,1-12H3,(H2,36,38,39,43,44)(H2,37,40,41,45,46). The van der Waals surface area contributed by atoms with Gasteiger partial charge >= 0.3 is 24.4 Å². The Morgan fingerprint density at radius 3 is 0.840 bits per heavy atom. The van der Waals surface area contributed by atoms with Crippen LogP contribution >= 0.6 is 0 Å². The van der Waals surface area contributed by atoms with E-state index in [2.05, 4.69) is 31.3 Å². The third-order valence-electron chi connectivity index (χ3n) is 5.22. The van der Waals surface area contributed by atoms with Crippen LogP contribution in [0.3, 0.4) is 0 Å². The van der Waals surface area contributed by atoms with Crippen molar-refractivity contribution in [1.82, 2.24) is 21.3 Å². The van der Waals surface area contributed by atoms with E-state index in [0.717, 1.165) is 0 Å². The van der Waals surface area contributed by atoms with E-state index in [9.17, 15) is 24.0 Å². The lowest BCUT2D eigenvalue weighted by atomic mass is 10.0. The van der Waals surface area contributed by atoms with Crippen LogP contribution in [0, 0.1) is 0 Å². The maximum absolute atomic E-state index is 13.3. The molecule has 0 fully saturated rings. The predicted octanol–water partition coefficient (Wildman–Crippen LogP) is 6.99. The van der Waals surface area contributed by atoms with Gasteiger partial charge in [0.15, 0.2) is 5.78 Å². The zero-order valence-corrected chi connectivity index (χ0v) is 30.7. The molecule has 0 aliphatic rings. The molecule has 15 heteroatoms. The second-order valence-corrected chi connectivity index (χ2v) is 14.9. The number of aliphatic imine (C=N–C) groups is 2. The number of carbonyl (C=O) groups is 5. The van der Waals surface area contributed by atoms with Gasteiger partial charge in [0.25, 0.3) is 0 Å². The van der Waals surface area contributed by atoms with E-state index in [-0.39, 0.29) is 17.7 Å². The first kappa shape index (κ1) is 40.7. The Bertz CT molecular complexity index is 1420. The van der Waals surface area contributed by atoms with Crippen LogP contribution in [-0.4, -0.2) is 64.5 Å². The summed E-state index contributed by atoms with van der Waals surface area (Å²) in [4.78, 5) is 71.4. The molecular weight excluding hydrogens is 648 g/mol. The molecule has 0 atom stereocenters. The van der Waals surface area contributed by atoms with Crippen LogP contribution in [0.5, 0.6) is 0 Å². The van der Waals surface area contributed by atoms with E-state index >= 15 is 0 Å². The lowest BCUT2D eigenvalue weighted by molar-refractivity contribution is 0.0521. The van der Waals surface area contributed by atoms with E-state index in [0.29, 0.717) is 22.5 Å². The number of benzene rings is 2. The normalized spacial score (nSPS) is 11.6. The molecular formula is C35H48N6O9. The zero-order chi connectivity index (χ0) is 38.1. The summed E-state index contributed by atoms with van der Waals surface area (Å²) in [6.45, 7) is 20.2. The molecule has 2 rings (SSSR count). The minimum Gasteiger partial charge on any atom is -0.444 e. The summed E-state index contributed by atoms with van der Waals surface area (Å²) in [5, 5.41) is 9.60. The number of guanidine groups is 2. The molecule has 272 valence electrons. The fourth-order valence-electron chi connectivity index (χ4n) is 3.57. The summed E-state index contributed by atoms with van der Waals surface area (Å²) in [5.74, 6) is -0.815. The van der Waals surface area contributed by atoms with E-state index in [1.54, 1.807) is 83.1 Å². The van der Waals surface area contributed by atoms with Gasteiger partial charge in [0.1, 0.15) is 22.4 Å². The summed E-state index contributed by atoms with van der Waals surface area (Å²) in [5.41, 5.74) is -1.96. The molecule has 0 unspecified atom stereocenters. The Morgan fingerprint density at radius 2 is 0.640 bits per heavy atom. The molecule has 0 aliphatic heterocycles. The van der Waals surface area contributed by atoms with Gasteiger partial charge in [-0.15, -0.1) is 0 Å². The predicted molar refractivity (Wildman–Crippen MR) is 188 cm³/mol. The van der Waals surface area contributed by atoms with E-state index in [1.807, 2.05) is 0 Å². The van der Waals surface area contributed by atoms with Crippen LogP contribution in [0.2, 0.25) is 0 Å². The Morgan fingerprint density at radius 1 is 0.420 bits per heavy atom. The third-order valence-corrected chi connectivity index (χ3v) is 5.22. The van der Waals surface area contributed by atoms with E-state index in [4.69, 9.17) is 18.9 Å². The van der Waals surface area contributed by atoms with Crippen LogP contribution in [-0.2, 0) is 18.9 Å². The zero-order valence-electron chi connectivity index (χ0n) is 30.7. The van der Waals surface area contributed by atoms with Crippen LogP contribution < -0.4 is 21.3 Å². The highest BCUT2D eigenvalue weighted by atomic mass is 16.6. The molecule has 0 heterocycles. The van der Waals surface area contributed by atoms with Gasteiger partial charge in [-0.1, -0.05) is 0 Å². The quantitative estimate of drug-likeness (QED) is 0.113. The highest BCUT2D eigenvalue weighted by molar-refractivity contribution is 6.09. The molecule has 0 saturated carbocycles. The molecule has 0 saturated heterocycles. The molecule has 2 aromatic rings. The second kappa shape index (κ2) is 16.3. The van der Waals surface area contributed by atoms with Crippen molar-refractivity contribution in [3.8, 4) is 0 Å². The van der Waals surface area contributed by atoms with Gasteiger partial charge in [-0.05, 0) is 132 Å². The van der Waals surface area contributed by atoms with Crippen molar-refractivity contribution < 1.29 is 42.9 Å². The number of carbonyl (C=O) groups excluding carboxylic acids is 5. The highest BCUT2D eigenvalue weighted by Crippen LogP contribution is 2.19. The van der Waals surface area contributed by atoms with Gasteiger partial charge in [-0.3, -0.25) is 26.1 Å². The molecule has 0 bridgehead atoms. The van der Waals surface area contributed by atoms with Crippen molar-refractivity contribution in [3.05, 3.63) is 59.7 Å². The molecule has 0 aliphatic carbocycles. The Hall–Kier alpha value is -5.47. The van der Waals surface area contributed by atoms with Crippen molar-refractivity contribution in [2.24, 2.45) is 9.98 Å². The lowest BCUT2D eigenvalue weighted by Gasteiger charge is -2.22. The largest absolute Gasteiger partial charge is 0.444 e. The Balaban J connectivity index is 2.28. The van der Waals surface area contributed by atoms with Gasteiger partial charge in [0.2, 0.25) is 11.9 Å². The number of alkyl carbamates (subject to hydrolysis) is 4. The first-order valence-corrected chi connectivity index (χ1v) is 15.7. The summed E-state index contributed by atoms with van der Waals surface area (Å²) >= 11 is 0. The van der Waals surface area contributed by atoms with Crippen LogP contribution in [0.4, 0.5) is 30.6 Å². The Labute approximate surface area is 292 Å². The number of rotatable bonds is 4. The number of hydrogen-bond donors (Lipinski definition) is 4. The monoisotopic (exact) mass is 696 g/mol. The lowest BCUT2D eigenvalue weighted by Crippen LogP contribution is -2.47. The minimum absolute atomic E-state index is 0.245. The molecule has 0 radical (unpaired) electrons. The fraction of sp³-hybridized carbons (Fsp3) is 0.457. The van der Waals surface area contributed by atoms with Crippen LogP contribution in [0.25, 0.3) is 0 Å². The van der Waals surface area contributed by atoms with E-state index in [1.165, 1.54) is 48.5 Å². The third kappa shape index (κ3) is 16.6. The molecule has 0 aromatic heterocycles. The average molecular weight is 697 g/mol. The van der Waals surface area contributed by atoms with Gasteiger partial charge in [0.05, 0.1) is 11.4 Å². The molecule has 4 amide bonds. The fourth-order valence-corrected chi connectivity index (χ4v) is 3.57. The number of amides is 4. The summed E-state index contributed by atoms with van der Waals surface area (Å²) in [6.07, 6.45) is -3.39. The molecule has 50 heavy (non-hydrogen) atoms. The smallest absolute Gasteiger partial charge is 0.414 e. The molecule has 15 nitrogen and oxygen atoms in total. The molecule has 2 aromatic carbocycles. The number of nitrogens with one attached hydrogen (secondary N) is 4. The topological polar surface area (TPSA) is 195 Å². The van der Waals surface area contributed by atoms with Crippen LogP contribution in [0.1, 0.15) is 99.0 Å². The maximum Gasteiger partial charge on any atom is 0.414 e. The Kier molecular flexibility index (Phi) is 13.3. The second-order valence-electron chi connectivity index (χ2n) is 14.9. The molecule has 0 spiro atoms. The molecule has 4 N–H and O–H groups in total. The van der Waals surface area contributed by atoms with E-state index < -0.39 is 46.8 Å². The number of ether oxygens (including phenoxy) is 4. The number of ketones is 1. The van der Waals surface area contributed by atoms with Crippen LogP contribution in [0.15, 0.2) is 58.5 Å². The van der Waals surface area contributed by atoms with Gasteiger partial charge in [-0.25, -0.2) is 29.2 Å². The summed E-state index contributed by atoms with van der Waals surface area (Å²) in [6, 6.07) is 12.2. The average Bonchev–Trinajstić information content (AvgIpc) is 2.89. The summed E-state index contributed by atoms with van der Waals surface area (Å²) in [7, 11) is 0. The van der Waals surface area contributed by atoms with Crippen molar-refractivity contribution in [1.29, 1.82) is 0 Å². The first-order valence-electron chi connectivity index (χ1n) is 15.7. The van der Waals surface area contributed by atoms with Gasteiger partial charge in [-0.2, -0.15) is 0 Å². The SMILES string of the molecule is CC(C)(C)OC(=O)NC(=Nc1ccc(C(=O)c2ccc(N=C(NC(=O)OC(C)(C)C)NC(=O)OC(C)(C)C)cc2)cc1)NC(=O)OC(C)(C)C. The number of hydrogen-bond acceptors (Lipinski definition) is 11. The minimum atomic E-state index is -0.847. The first-order chi connectivity index (χ1) is 22.8.